The largest absolute Gasteiger partial charge is 0.335 e. The van der Waals surface area contributed by atoms with Gasteiger partial charge in [-0.1, -0.05) is 36.4 Å². The quantitative estimate of drug-likeness (QED) is 0.832. The lowest BCUT2D eigenvalue weighted by Gasteiger charge is -2.32. The van der Waals surface area contributed by atoms with Crippen molar-refractivity contribution in [2.75, 3.05) is 13.1 Å². The average molecular weight is 373 g/mol. The molecule has 1 aliphatic rings. The highest BCUT2D eigenvalue weighted by Crippen LogP contribution is 2.17. The highest BCUT2D eigenvalue weighted by atomic mass is 19.2. The Labute approximate surface area is 158 Å². The second-order valence-electron chi connectivity index (χ2n) is 7.05. The molecule has 1 aliphatic heterocycles. The maximum Gasteiger partial charge on any atom is 0.315 e. The maximum absolute atomic E-state index is 13.3. The third-order valence-electron chi connectivity index (χ3n) is 4.96. The molecule has 0 radical (unpaired) electrons. The molecule has 1 atom stereocenters. The van der Waals surface area contributed by atoms with Crippen LogP contribution in [0.1, 0.15) is 36.9 Å². The van der Waals surface area contributed by atoms with E-state index in [9.17, 15) is 13.6 Å². The molecule has 1 unspecified atom stereocenters. The van der Waals surface area contributed by atoms with E-state index in [1.807, 2.05) is 18.2 Å². The van der Waals surface area contributed by atoms with Crippen molar-refractivity contribution in [3.8, 4) is 0 Å². The van der Waals surface area contributed by atoms with Gasteiger partial charge in [-0.25, -0.2) is 13.6 Å². The molecule has 4 nitrogen and oxygen atoms in total. The summed E-state index contributed by atoms with van der Waals surface area (Å²) in [6.07, 6.45) is 1.78. The van der Waals surface area contributed by atoms with Crippen LogP contribution < -0.4 is 10.6 Å². The molecule has 6 heteroatoms. The molecule has 1 heterocycles. The molecule has 1 saturated heterocycles. The minimum absolute atomic E-state index is 0.120. The topological polar surface area (TPSA) is 44.4 Å². The van der Waals surface area contributed by atoms with E-state index in [1.165, 1.54) is 11.6 Å². The van der Waals surface area contributed by atoms with Crippen LogP contribution in [0.5, 0.6) is 0 Å². The fourth-order valence-electron chi connectivity index (χ4n) is 3.37. The molecular weight excluding hydrogens is 348 g/mol. The summed E-state index contributed by atoms with van der Waals surface area (Å²) in [6.45, 7) is 4.53. The summed E-state index contributed by atoms with van der Waals surface area (Å²) in [5.41, 5.74) is 1.82. The van der Waals surface area contributed by atoms with Crippen LogP contribution in [-0.4, -0.2) is 30.1 Å². The lowest BCUT2D eigenvalue weighted by molar-refractivity contribution is 0.186. The van der Waals surface area contributed by atoms with Gasteiger partial charge < -0.3 is 10.6 Å². The fraction of sp³-hybridized carbons (Fsp3) is 0.381. The molecule has 2 aromatic carbocycles. The van der Waals surface area contributed by atoms with Crippen LogP contribution in [0.3, 0.4) is 0 Å². The molecule has 3 rings (SSSR count). The number of likely N-dealkylation sites (tertiary alicyclic amines) is 1. The molecule has 0 aliphatic carbocycles. The zero-order valence-electron chi connectivity index (χ0n) is 15.4. The molecule has 0 bridgehead atoms. The SMILES string of the molecule is CC(NC(=O)NC1CCN(Cc2ccccc2)CC1)c1ccc(F)c(F)c1. The standard InChI is InChI=1S/C21H25F2N3O/c1-15(17-7-8-19(22)20(23)13-17)24-21(27)25-18-9-11-26(12-10-18)14-16-5-3-2-4-6-16/h2-8,13,15,18H,9-12,14H2,1H3,(H2,24,25,27). The summed E-state index contributed by atoms with van der Waals surface area (Å²) in [6, 6.07) is 13.4. The average Bonchev–Trinajstić information content (AvgIpc) is 2.66. The van der Waals surface area contributed by atoms with Crippen molar-refractivity contribution >= 4 is 6.03 Å². The summed E-state index contributed by atoms with van der Waals surface area (Å²) in [7, 11) is 0. The van der Waals surface area contributed by atoms with Gasteiger partial charge in [0, 0.05) is 25.7 Å². The predicted molar refractivity (Wildman–Crippen MR) is 101 cm³/mol. The van der Waals surface area contributed by atoms with Crippen LogP contribution in [-0.2, 0) is 6.54 Å². The van der Waals surface area contributed by atoms with Gasteiger partial charge in [0.1, 0.15) is 0 Å². The second kappa shape index (κ2) is 8.95. The lowest BCUT2D eigenvalue weighted by Crippen LogP contribution is -2.48. The van der Waals surface area contributed by atoms with Gasteiger partial charge in [0.15, 0.2) is 11.6 Å². The second-order valence-corrected chi connectivity index (χ2v) is 7.05. The smallest absolute Gasteiger partial charge is 0.315 e. The third-order valence-corrected chi connectivity index (χ3v) is 4.96. The third kappa shape index (κ3) is 5.50. The van der Waals surface area contributed by atoms with Gasteiger partial charge in [0.2, 0.25) is 0 Å². The summed E-state index contributed by atoms with van der Waals surface area (Å²) in [4.78, 5) is 14.6. The molecule has 144 valence electrons. The normalized spacial score (nSPS) is 16.7. The number of benzene rings is 2. The number of hydrogen-bond acceptors (Lipinski definition) is 2. The van der Waals surface area contributed by atoms with Crippen molar-refractivity contribution in [2.45, 2.75) is 38.4 Å². The molecule has 0 aromatic heterocycles. The highest BCUT2D eigenvalue weighted by molar-refractivity contribution is 5.74. The minimum atomic E-state index is -0.910. The zero-order valence-corrected chi connectivity index (χ0v) is 15.4. The van der Waals surface area contributed by atoms with Crippen LogP contribution >= 0.6 is 0 Å². The van der Waals surface area contributed by atoms with E-state index in [-0.39, 0.29) is 12.1 Å². The fourth-order valence-corrected chi connectivity index (χ4v) is 3.37. The summed E-state index contributed by atoms with van der Waals surface area (Å²) >= 11 is 0. The Kier molecular flexibility index (Phi) is 6.40. The minimum Gasteiger partial charge on any atom is -0.335 e. The number of amides is 2. The summed E-state index contributed by atoms with van der Waals surface area (Å²) in [5, 5.41) is 5.77. The summed E-state index contributed by atoms with van der Waals surface area (Å²) < 4.78 is 26.4. The molecule has 1 fully saturated rings. The van der Waals surface area contributed by atoms with E-state index in [1.54, 1.807) is 6.92 Å². The van der Waals surface area contributed by atoms with Gasteiger partial charge in [-0.3, -0.25) is 4.90 Å². The Morgan fingerprint density at radius 2 is 1.81 bits per heavy atom. The molecular formula is C21H25F2N3O. The van der Waals surface area contributed by atoms with Crippen molar-refractivity contribution in [1.82, 2.24) is 15.5 Å². The Balaban J connectivity index is 1.43. The van der Waals surface area contributed by atoms with E-state index in [0.717, 1.165) is 44.6 Å². The number of piperidine rings is 1. The predicted octanol–water partition coefficient (Wildman–Crippen LogP) is 3.99. The van der Waals surface area contributed by atoms with Crippen molar-refractivity contribution in [1.29, 1.82) is 0 Å². The van der Waals surface area contributed by atoms with Crippen LogP contribution in [0.4, 0.5) is 13.6 Å². The number of carbonyl (C=O) groups excluding carboxylic acids is 1. The first-order valence-corrected chi connectivity index (χ1v) is 9.29. The van der Waals surface area contributed by atoms with E-state index in [0.29, 0.717) is 5.56 Å². The van der Waals surface area contributed by atoms with Crippen LogP contribution in [0.2, 0.25) is 0 Å². The first-order chi connectivity index (χ1) is 13.0. The number of hydrogen-bond donors (Lipinski definition) is 2. The van der Waals surface area contributed by atoms with Crippen molar-refractivity contribution in [2.24, 2.45) is 0 Å². The summed E-state index contributed by atoms with van der Waals surface area (Å²) in [5.74, 6) is -1.80. The van der Waals surface area contributed by atoms with Crippen LogP contribution in [0, 0.1) is 11.6 Å². The van der Waals surface area contributed by atoms with E-state index in [4.69, 9.17) is 0 Å². The van der Waals surface area contributed by atoms with Crippen molar-refractivity contribution in [3.05, 3.63) is 71.3 Å². The molecule has 0 spiro atoms. The number of nitrogens with one attached hydrogen (secondary N) is 2. The Bertz CT molecular complexity index is 761. The van der Waals surface area contributed by atoms with E-state index >= 15 is 0 Å². The van der Waals surface area contributed by atoms with Gasteiger partial charge in [-0.2, -0.15) is 0 Å². The maximum atomic E-state index is 13.3. The number of carbonyl (C=O) groups is 1. The first-order valence-electron chi connectivity index (χ1n) is 9.29. The van der Waals surface area contributed by atoms with E-state index < -0.39 is 17.7 Å². The number of halogens is 2. The van der Waals surface area contributed by atoms with Gasteiger partial charge in [-0.05, 0) is 43.0 Å². The first kappa shape index (κ1) is 19.3. The highest BCUT2D eigenvalue weighted by Gasteiger charge is 2.21. The molecule has 2 amide bonds. The van der Waals surface area contributed by atoms with Gasteiger partial charge in [0.25, 0.3) is 0 Å². The Morgan fingerprint density at radius 1 is 1.11 bits per heavy atom. The Morgan fingerprint density at radius 3 is 2.48 bits per heavy atom. The Hall–Kier alpha value is -2.47. The van der Waals surface area contributed by atoms with E-state index in [2.05, 4.69) is 27.7 Å². The number of urea groups is 1. The number of rotatable bonds is 5. The van der Waals surface area contributed by atoms with Gasteiger partial charge in [0.05, 0.1) is 6.04 Å². The van der Waals surface area contributed by atoms with Crippen molar-refractivity contribution < 1.29 is 13.6 Å². The van der Waals surface area contributed by atoms with Gasteiger partial charge in [-0.15, -0.1) is 0 Å². The monoisotopic (exact) mass is 373 g/mol. The molecule has 0 saturated carbocycles. The number of nitrogens with zero attached hydrogens (tertiary/aromatic N) is 1. The van der Waals surface area contributed by atoms with Gasteiger partial charge >= 0.3 is 6.03 Å². The molecule has 2 aromatic rings. The van der Waals surface area contributed by atoms with Crippen LogP contribution in [0.25, 0.3) is 0 Å². The molecule has 27 heavy (non-hydrogen) atoms. The van der Waals surface area contributed by atoms with Crippen molar-refractivity contribution in [3.63, 3.8) is 0 Å². The molecule has 2 N–H and O–H groups in total. The lowest BCUT2D eigenvalue weighted by atomic mass is 10.0. The zero-order chi connectivity index (χ0) is 19.2. The van der Waals surface area contributed by atoms with Crippen LogP contribution in [0.15, 0.2) is 48.5 Å².